The molecule has 0 saturated heterocycles. The van der Waals surface area contributed by atoms with Gasteiger partial charge >= 0.3 is 5.97 Å². The number of amides is 1. The number of carboxylic acids is 1. The minimum absolute atomic E-state index is 0.0246. The lowest BCUT2D eigenvalue weighted by Crippen LogP contribution is -2.26. The Bertz CT molecular complexity index is 828. The smallest absolute Gasteiger partial charge is 0.339 e. The molecule has 0 aliphatic carbocycles. The highest BCUT2D eigenvalue weighted by molar-refractivity contribution is 5.88. The van der Waals surface area contributed by atoms with E-state index in [1.165, 1.54) is 23.1 Å². The number of benzene rings is 1. The van der Waals surface area contributed by atoms with Gasteiger partial charge in [-0.05, 0) is 31.5 Å². The molecule has 1 heterocycles. The SMILES string of the molecule is Cc1oc(CN(C)C(=O)CCCNc2ccc([N+](=O)[O-])cc2)cc1C(=O)O. The zero-order chi connectivity index (χ0) is 20.0. The minimum atomic E-state index is -1.06. The first-order valence-electron chi connectivity index (χ1n) is 8.33. The number of nitrogens with one attached hydrogen (secondary N) is 1. The van der Waals surface area contributed by atoms with Crippen molar-refractivity contribution in [1.82, 2.24) is 4.90 Å². The molecule has 2 N–H and O–H groups in total. The minimum Gasteiger partial charge on any atom is -0.478 e. The van der Waals surface area contributed by atoms with E-state index in [1.54, 1.807) is 26.1 Å². The van der Waals surface area contributed by atoms with Crippen molar-refractivity contribution in [1.29, 1.82) is 0 Å². The van der Waals surface area contributed by atoms with Crippen molar-refractivity contribution < 1.29 is 24.0 Å². The summed E-state index contributed by atoms with van der Waals surface area (Å²) in [5.74, 6) is -0.421. The van der Waals surface area contributed by atoms with Crippen LogP contribution in [0.25, 0.3) is 0 Å². The zero-order valence-corrected chi connectivity index (χ0v) is 15.1. The topological polar surface area (TPSA) is 126 Å². The van der Waals surface area contributed by atoms with Gasteiger partial charge in [0.1, 0.15) is 17.1 Å². The fraction of sp³-hybridized carbons (Fsp3) is 0.333. The van der Waals surface area contributed by atoms with Crippen LogP contribution in [0.4, 0.5) is 11.4 Å². The Balaban J connectivity index is 1.75. The molecule has 1 aromatic carbocycles. The summed E-state index contributed by atoms with van der Waals surface area (Å²) >= 11 is 0. The van der Waals surface area contributed by atoms with Crippen LogP contribution < -0.4 is 5.32 Å². The van der Waals surface area contributed by atoms with Crippen LogP contribution in [0, 0.1) is 17.0 Å². The molecule has 27 heavy (non-hydrogen) atoms. The molecule has 0 aliphatic rings. The van der Waals surface area contributed by atoms with Crippen LogP contribution in [-0.2, 0) is 11.3 Å². The Morgan fingerprint density at radius 2 is 1.96 bits per heavy atom. The molecular formula is C18H21N3O6. The summed E-state index contributed by atoms with van der Waals surface area (Å²) in [4.78, 5) is 34.8. The molecule has 0 radical (unpaired) electrons. The molecule has 144 valence electrons. The number of rotatable bonds is 9. The number of anilines is 1. The molecule has 2 rings (SSSR count). The lowest BCUT2D eigenvalue weighted by molar-refractivity contribution is -0.384. The highest BCUT2D eigenvalue weighted by atomic mass is 16.6. The molecule has 0 unspecified atom stereocenters. The third kappa shape index (κ3) is 5.56. The van der Waals surface area contributed by atoms with E-state index >= 15 is 0 Å². The molecule has 0 atom stereocenters. The first-order valence-corrected chi connectivity index (χ1v) is 8.33. The van der Waals surface area contributed by atoms with Crippen molar-refractivity contribution in [3.05, 3.63) is 57.5 Å². The monoisotopic (exact) mass is 375 g/mol. The Morgan fingerprint density at radius 1 is 1.30 bits per heavy atom. The number of nitrogens with zero attached hydrogens (tertiary/aromatic N) is 2. The fourth-order valence-corrected chi connectivity index (χ4v) is 2.52. The number of nitro benzene ring substituents is 1. The quantitative estimate of drug-likeness (QED) is 0.392. The van der Waals surface area contributed by atoms with Gasteiger partial charge in [0.2, 0.25) is 5.91 Å². The summed E-state index contributed by atoms with van der Waals surface area (Å²) < 4.78 is 5.37. The lowest BCUT2D eigenvalue weighted by atomic mass is 10.2. The van der Waals surface area contributed by atoms with Gasteiger partial charge in [-0.1, -0.05) is 0 Å². The number of carbonyl (C=O) groups is 2. The predicted molar refractivity (Wildman–Crippen MR) is 97.7 cm³/mol. The highest BCUT2D eigenvalue weighted by Gasteiger charge is 2.16. The van der Waals surface area contributed by atoms with Crippen LogP contribution in [0.3, 0.4) is 0 Å². The van der Waals surface area contributed by atoms with E-state index in [9.17, 15) is 19.7 Å². The number of non-ortho nitro benzene ring substituents is 1. The summed E-state index contributed by atoms with van der Waals surface area (Å²) in [7, 11) is 1.63. The molecule has 0 spiro atoms. The summed E-state index contributed by atoms with van der Waals surface area (Å²) in [5, 5.41) is 22.7. The number of aryl methyl sites for hydroxylation is 1. The van der Waals surface area contributed by atoms with Crippen LogP contribution in [0.1, 0.15) is 34.7 Å². The average molecular weight is 375 g/mol. The first kappa shape index (κ1) is 20.0. The Labute approximate surface area is 155 Å². The largest absolute Gasteiger partial charge is 0.478 e. The van der Waals surface area contributed by atoms with Crippen LogP contribution in [-0.4, -0.2) is 40.4 Å². The molecule has 9 nitrogen and oxygen atoms in total. The maximum atomic E-state index is 12.2. The number of carbonyl (C=O) groups excluding carboxylic acids is 1. The number of furan rings is 1. The Hall–Kier alpha value is -3.36. The molecule has 0 bridgehead atoms. The van der Waals surface area contributed by atoms with Crippen molar-refractivity contribution in [3.8, 4) is 0 Å². The van der Waals surface area contributed by atoms with Gasteiger partial charge in [0, 0.05) is 37.8 Å². The van der Waals surface area contributed by atoms with Gasteiger partial charge < -0.3 is 19.7 Å². The molecule has 0 saturated carbocycles. The fourth-order valence-electron chi connectivity index (χ4n) is 2.52. The van der Waals surface area contributed by atoms with E-state index in [0.29, 0.717) is 30.9 Å². The van der Waals surface area contributed by atoms with Gasteiger partial charge in [0.15, 0.2) is 0 Å². The lowest BCUT2D eigenvalue weighted by Gasteiger charge is -2.15. The summed E-state index contributed by atoms with van der Waals surface area (Å²) in [6.45, 7) is 2.31. The number of hydrogen-bond donors (Lipinski definition) is 2. The van der Waals surface area contributed by atoms with E-state index in [1.807, 2.05) is 0 Å². The van der Waals surface area contributed by atoms with Crippen LogP contribution in [0.15, 0.2) is 34.7 Å². The number of nitro groups is 1. The first-order chi connectivity index (χ1) is 12.8. The molecule has 2 aromatic rings. The van der Waals surface area contributed by atoms with E-state index in [4.69, 9.17) is 9.52 Å². The predicted octanol–water partition coefficient (Wildman–Crippen LogP) is 3.05. The Kier molecular flexibility index (Phi) is 6.53. The highest BCUT2D eigenvalue weighted by Crippen LogP contribution is 2.17. The van der Waals surface area contributed by atoms with Gasteiger partial charge in [-0.15, -0.1) is 0 Å². The number of carboxylic acid groups (broad SMARTS) is 1. The molecule has 0 fully saturated rings. The summed E-state index contributed by atoms with van der Waals surface area (Å²) in [6, 6.07) is 7.49. The molecule has 1 aromatic heterocycles. The van der Waals surface area contributed by atoms with Crippen molar-refractivity contribution in [2.24, 2.45) is 0 Å². The third-order valence-electron chi connectivity index (χ3n) is 3.99. The second-order valence-corrected chi connectivity index (χ2v) is 6.07. The maximum absolute atomic E-state index is 12.2. The summed E-state index contributed by atoms with van der Waals surface area (Å²) in [6.07, 6.45) is 0.889. The Morgan fingerprint density at radius 3 is 2.52 bits per heavy atom. The van der Waals surface area contributed by atoms with Crippen molar-refractivity contribution in [2.45, 2.75) is 26.3 Å². The van der Waals surface area contributed by atoms with Crippen LogP contribution in [0.5, 0.6) is 0 Å². The summed E-state index contributed by atoms with van der Waals surface area (Å²) in [5.41, 5.74) is 0.864. The number of aromatic carboxylic acids is 1. The molecule has 0 aliphatic heterocycles. The molecule has 9 heteroatoms. The van der Waals surface area contributed by atoms with E-state index in [0.717, 1.165) is 5.69 Å². The van der Waals surface area contributed by atoms with Gasteiger partial charge in [-0.3, -0.25) is 14.9 Å². The normalized spacial score (nSPS) is 10.4. The zero-order valence-electron chi connectivity index (χ0n) is 15.1. The number of hydrogen-bond acceptors (Lipinski definition) is 6. The molecule has 1 amide bonds. The van der Waals surface area contributed by atoms with Gasteiger partial charge in [0.05, 0.1) is 11.5 Å². The standard InChI is InChI=1S/C18H21N3O6/c1-12-16(18(23)24)10-15(27-12)11-20(2)17(22)4-3-9-19-13-5-7-14(8-6-13)21(25)26/h5-8,10,19H,3-4,9,11H2,1-2H3,(H,23,24). The van der Waals surface area contributed by atoms with E-state index in [-0.39, 0.29) is 23.7 Å². The van der Waals surface area contributed by atoms with Gasteiger partial charge in [-0.25, -0.2) is 4.79 Å². The van der Waals surface area contributed by atoms with Gasteiger partial charge in [0.25, 0.3) is 5.69 Å². The van der Waals surface area contributed by atoms with Crippen molar-refractivity contribution in [3.63, 3.8) is 0 Å². The van der Waals surface area contributed by atoms with E-state index < -0.39 is 10.9 Å². The molecular weight excluding hydrogens is 354 g/mol. The van der Waals surface area contributed by atoms with Crippen LogP contribution in [0.2, 0.25) is 0 Å². The van der Waals surface area contributed by atoms with Gasteiger partial charge in [-0.2, -0.15) is 0 Å². The third-order valence-corrected chi connectivity index (χ3v) is 3.99. The van der Waals surface area contributed by atoms with Crippen LogP contribution >= 0.6 is 0 Å². The van der Waals surface area contributed by atoms with E-state index in [2.05, 4.69) is 5.32 Å². The second-order valence-electron chi connectivity index (χ2n) is 6.07. The second kappa shape index (κ2) is 8.84. The van der Waals surface area contributed by atoms with Crippen molar-refractivity contribution >= 4 is 23.3 Å². The average Bonchev–Trinajstić information content (AvgIpc) is 2.99. The van der Waals surface area contributed by atoms with Crippen molar-refractivity contribution in [2.75, 3.05) is 18.9 Å². The maximum Gasteiger partial charge on any atom is 0.339 e.